The topological polar surface area (TPSA) is 93.7 Å². The van der Waals surface area contributed by atoms with Crippen molar-refractivity contribution in [2.75, 3.05) is 26.8 Å². The standard InChI is InChI=1S/C17H24N2O5/c1-3-4-5-10-23-14-8-6-13(7-9-14)17(22)24-12-16(21)19-11-15(20)18-2/h6-9H,3-5,10-12H2,1-2H3,(H,18,20)(H,19,21). The first-order valence-electron chi connectivity index (χ1n) is 7.94. The number of carbonyl (C=O) groups excluding carboxylic acids is 3. The number of hydrogen-bond donors (Lipinski definition) is 2. The van der Waals surface area contributed by atoms with Crippen LogP contribution in [0, 0.1) is 0 Å². The summed E-state index contributed by atoms with van der Waals surface area (Å²) in [6.07, 6.45) is 3.24. The molecule has 132 valence electrons. The Hall–Kier alpha value is -2.57. The fourth-order valence-corrected chi connectivity index (χ4v) is 1.76. The van der Waals surface area contributed by atoms with Gasteiger partial charge < -0.3 is 20.1 Å². The maximum atomic E-state index is 11.8. The van der Waals surface area contributed by atoms with Crippen molar-refractivity contribution in [3.05, 3.63) is 29.8 Å². The van der Waals surface area contributed by atoms with Crippen LogP contribution < -0.4 is 15.4 Å². The van der Waals surface area contributed by atoms with Crippen molar-refractivity contribution < 1.29 is 23.9 Å². The number of unbranched alkanes of at least 4 members (excludes halogenated alkanes) is 2. The van der Waals surface area contributed by atoms with Crippen LogP contribution in [-0.2, 0) is 14.3 Å². The van der Waals surface area contributed by atoms with Crippen LogP contribution in [0.3, 0.4) is 0 Å². The predicted molar refractivity (Wildman–Crippen MR) is 88.8 cm³/mol. The van der Waals surface area contributed by atoms with Gasteiger partial charge in [-0.05, 0) is 30.7 Å². The molecular formula is C17H24N2O5. The Labute approximate surface area is 141 Å². The molecule has 0 aliphatic carbocycles. The van der Waals surface area contributed by atoms with Crippen LogP contribution in [0.15, 0.2) is 24.3 Å². The SMILES string of the molecule is CCCCCOc1ccc(C(=O)OCC(=O)NCC(=O)NC)cc1. The van der Waals surface area contributed by atoms with E-state index in [1.165, 1.54) is 7.05 Å². The lowest BCUT2D eigenvalue weighted by atomic mass is 10.2. The molecule has 0 spiro atoms. The minimum absolute atomic E-state index is 0.156. The van der Waals surface area contributed by atoms with E-state index in [0.29, 0.717) is 17.9 Å². The summed E-state index contributed by atoms with van der Waals surface area (Å²) in [4.78, 5) is 34.2. The van der Waals surface area contributed by atoms with E-state index in [0.717, 1.165) is 19.3 Å². The molecule has 0 atom stereocenters. The Morgan fingerprint density at radius 2 is 1.75 bits per heavy atom. The number of benzene rings is 1. The van der Waals surface area contributed by atoms with Gasteiger partial charge in [-0.2, -0.15) is 0 Å². The van der Waals surface area contributed by atoms with E-state index < -0.39 is 18.5 Å². The van der Waals surface area contributed by atoms with Crippen molar-refractivity contribution in [2.45, 2.75) is 26.2 Å². The molecule has 0 aliphatic heterocycles. The Morgan fingerprint density at radius 1 is 1.04 bits per heavy atom. The third-order valence-corrected chi connectivity index (χ3v) is 3.17. The number of esters is 1. The summed E-state index contributed by atoms with van der Waals surface area (Å²) >= 11 is 0. The molecule has 0 unspecified atom stereocenters. The van der Waals surface area contributed by atoms with Crippen LogP contribution >= 0.6 is 0 Å². The van der Waals surface area contributed by atoms with Crippen LogP contribution in [-0.4, -0.2) is 44.6 Å². The Kier molecular flexibility index (Phi) is 8.96. The molecule has 1 rings (SSSR count). The van der Waals surface area contributed by atoms with E-state index in [1.54, 1.807) is 24.3 Å². The molecule has 0 aliphatic rings. The number of carbonyl (C=O) groups is 3. The molecule has 0 bridgehead atoms. The number of nitrogens with one attached hydrogen (secondary N) is 2. The fraction of sp³-hybridized carbons (Fsp3) is 0.471. The summed E-state index contributed by atoms with van der Waals surface area (Å²) in [6, 6.07) is 6.54. The number of amides is 2. The maximum absolute atomic E-state index is 11.8. The van der Waals surface area contributed by atoms with E-state index in [1.807, 2.05) is 0 Å². The molecule has 0 aromatic heterocycles. The molecule has 7 heteroatoms. The second kappa shape index (κ2) is 11.0. The van der Waals surface area contributed by atoms with Gasteiger partial charge in [0.1, 0.15) is 5.75 Å². The molecule has 1 aromatic rings. The molecule has 0 heterocycles. The summed E-state index contributed by atoms with van der Waals surface area (Å²) in [5.41, 5.74) is 0.329. The van der Waals surface area contributed by atoms with Crippen LogP contribution in [0.25, 0.3) is 0 Å². The molecule has 0 saturated carbocycles. The Bertz CT molecular complexity index is 542. The Balaban J connectivity index is 2.34. The van der Waals surface area contributed by atoms with Gasteiger partial charge in [-0.25, -0.2) is 4.79 Å². The Morgan fingerprint density at radius 3 is 2.38 bits per heavy atom. The average Bonchev–Trinajstić information content (AvgIpc) is 2.61. The second-order valence-corrected chi connectivity index (χ2v) is 5.11. The van der Waals surface area contributed by atoms with Crippen LogP contribution in [0.2, 0.25) is 0 Å². The van der Waals surface area contributed by atoms with Crippen molar-refractivity contribution in [1.82, 2.24) is 10.6 Å². The molecule has 0 saturated heterocycles. The first-order chi connectivity index (χ1) is 11.6. The summed E-state index contributed by atoms with van der Waals surface area (Å²) in [5, 5.41) is 4.70. The molecule has 1 aromatic carbocycles. The van der Waals surface area contributed by atoms with Gasteiger partial charge in [0, 0.05) is 7.05 Å². The molecule has 7 nitrogen and oxygen atoms in total. The molecule has 0 radical (unpaired) electrons. The highest BCUT2D eigenvalue weighted by Crippen LogP contribution is 2.13. The van der Waals surface area contributed by atoms with Gasteiger partial charge in [-0.1, -0.05) is 19.8 Å². The second-order valence-electron chi connectivity index (χ2n) is 5.11. The van der Waals surface area contributed by atoms with E-state index in [4.69, 9.17) is 9.47 Å². The zero-order valence-corrected chi connectivity index (χ0v) is 14.1. The zero-order chi connectivity index (χ0) is 17.8. The highest BCUT2D eigenvalue weighted by atomic mass is 16.5. The molecule has 0 fully saturated rings. The number of likely N-dealkylation sites (N-methyl/N-ethyl adjacent to an activating group) is 1. The van der Waals surface area contributed by atoms with Crippen molar-refractivity contribution in [3.63, 3.8) is 0 Å². The van der Waals surface area contributed by atoms with Crippen molar-refractivity contribution in [2.24, 2.45) is 0 Å². The number of hydrogen-bond acceptors (Lipinski definition) is 5. The fourth-order valence-electron chi connectivity index (χ4n) is 1.76. The van der Waals surface area contributed by atoms with Crippen molar-refractivity contribution >= 4 is 17.8 Å². The highest BCUT2D eigenvalue weighted by Gasteiger charge is 2.11. The van der Waals surface area contributed by atoms with E-state index in [-0.39, 0.29) is 12.5 Å². The van der Waals surface area contributed by atoms with Crippen molar-refractivity contribution in [1.29, 1.82) is 0 Å². The lowest BCUT2D eigenvalue weighted by Crippen LogP contribution is -2.37. The normalized spacial score (nSPS) is 9.92. The van der Waals surface area contributed by atoms with Gasteiger partial charge in [0.2, 0.25) is 5.91 Å². The van der Waals surface area contributed by atoms with Gasteiger partial charge in [0.25, 0.3) is 5.91 Å². The molecular weight excluding hydrogens is 312 g/mol. The molecule has 24 heavy (non-hydrogen) atoms. The summed E-state index contributed by atoms with van der Waals surface area (Å²) in [6.45, 7) is 2.17. The third-order valence-electron chi connectivity index (χ3n) is 3.17. The van der Waals surface area contributed by atoms with E-state index >= 15 is 0 Å². The smallest absolute Gasteiger partial charge is 0.338 e. The minimum atomic E-state index is -0.609. The molecule has 2 N–H and O–H groups in total. The third kappa shape index (κ3) is 7.62. The zero-order valence-electron chi connectivity index (χ0n) is 14.1. The van der Waals surface area contributed by atoms with Crippen molar-refractivity contribution in [3.8, 4) is 5.75 Å². The van der Waals surface area contributed by atoms with Gasteiger partial charge >= 0.3 is 5.97 Å². The average molecular weight is 336 g/mol. The van der Waals surface area contributed by atoms with Gasteiger partial charge in [0.05, 0.1) is 18.7 Å². The number of ether oxygens (including phenoxy) is 2. The van der Waals surface area contributed by atoms with E-state index in [2.05, 4.69) is 17.6 Å². The van der Waals surface area contributed by atoms with E-state index in [9.17, 15) is 14.4 Å². The largest absolute Gasteiger partial charge is 0.494 e. The lowest BCUT2D eigenvalue weighted by Gasteiger charge is -2.08. The predicted octanol–water partition coefficient (Wildman–Crippen LogP) is 1.27. The first-order valence-corrected chi connectivity index (χ1v) is 7.94. The summed E-state index contributed by atoms with van der Waals surface area (Å²) in [5.74, 6) is -0.791. The minimum Gasteiger partial charge on any atom is -0.494 e. The van der Waals surface area contributed by atoms with Gasteiger partial charge in [-0.15, -0.1) is 0 Å². The maximum Gasteiger partial charge on any atom is 0.338 e. The quantitative estimate of drug-likeness (QED) is 0.496. The number of rotatable bonds is 10. The lowest BCUT2D eigenvalue weighted by molar-refractivity contribution is -0.127. The van der Waals surface area contributed by atoms with Crippen LogP contribution in [0.4, 0.5) is 0 Å². The summed E-state index contributed by atoms with van der Waals surface area (Å²) in [7, 11) is 1.46. The van der Waals surface area contributed by atoms with Crippen LogP contribution in [0.1, 0.15) is 36.5 Å². The van der Waals surface area contributed by atoms with Crippen LogP contribution in [0.5, 0.6) is 5.75 Å². The first kappa shape index (κ1) is 19.5. The highest BCUT2D eigenvalue weighted by molar-refractivity contribution is 5.92. The summed E-state index contributed by atoms with van der Waals surface area (Å²) < 4.78 is 10.4. The van der Waals surface area contributed by atoms with Gasteiger partial charge in [-0.3, -0.25) is 9.59 Å². The monoisotopic (exact) mass is 336 g/mol. The molecule has 2 amide bonds. The van der Waals surface area contributed by atoms with Gasteiger partial charge in [0.15, 0.2) is 6.61 Å².